The van der Waals surface area contributed by atoms with Crippen LogP contribution < -0.4 is 4.52 Å². The molecule has 1 rings (SSSR count). The van der Waals surface area contributed by atoms with E-state index in [2.05, 4.69) is 22.0 Å². The lowest BCUT2D eigenvalue weighted by molar-refractivity contribution is 0.605. The lowest BCUT2D eigenvalue weighted by Crippen LogP contribution is -1.81. The summed E-state index contributed by atoms with van der Waals surface area (Å²) in [5.41, 5.74) is 0.231. The molecule has 1 unspecified atom stereocenters. The van der Waals surface area contributed by atoms with Gasteiger partial charge in [-0.1, -0.05) is 0 Å². The fraction of sp³-hybridized carbons (Fsp3) is 0.111. The largest absolute Gasteiger partial charge is 0.467 e. The van der Waals surface area contributed by atoms with Crippen molar-refractivity contribution in [3.05, 3.63) is 35.7 Å². The summed E-state index contributed by atoms with van der Waals surface area (Å²) in [5, 5.41) is 0. The molecule has 0 fully saturated rings. The van der Waals surface area contributed by atoms with Gasteiger partial charge in [-0.2, -0.15) is 0 Å². The first kappa shape index (κ1) is 11.9. The van der Waals surface area contributed by atoms with E-state index in [0.717, 1.165) is 6.92 Å². The molecule has 0 saturated heterocycles. The molecule has 0 bridgehead atoms. The molecule has 0 spiro atoms. The molecule has 76 valence electrons. The molecule has 0 heterocycles. The minimum absolute atomic E-state index is 0.231. The summed E-state index contributed by atoms with van der Waals surface area (Å²) >= 11 is 2.09. The van der Waals surface area contributed by atoms with Crippen molar-refractivity contribution < 1.29 is 13.3 Å². The molecule has 0 radical (unpaired) electrons. The van der Waals surface area contributed by atoms with Crippen molar-refractivity contribution >= 4 is 34.3 Å². The third-order valence-electron chi connectivity index (χ3n) is 1.57. The molecule has 14 heavy (non-hydrogen) atoms. The Hall–Kier alpha value is -0.220. The van der Waals surface area contributed by atoms with Crippen LogP contribution in [0, 0.1) is 0 Å². The summed E-state index contributed by atoms with van der Waals surface area (Å²) in [6, 6.07) is 6.21. The van der Waals surface area contributed by atoms with Crippen LogP contribution in [-0.2, 0) is 0 Å². The van der Waals surface area contributed by atoms with E-state index in [-0.39, 0.29) is 5.56 Å². The normalized spacial score (nSPS) is 13.1. The minimum Gasteiger partial charge on any atom is -0.467 e. The van der Waals surface area contributed by atoms with Crippen LogP contribution in [0.4, 0.5) is 8.78 Å². The lowest BCUT2D eigenvalue weighted by Gasteiger charge is -2.02. The number of rotatable bonds is 3. The number of benzene rings is 1. The zero-order chi connectivity index (χ0) is 10.6. The monoisotopic (exact) mass is 328 g/mol. The Bertz CT molecular complexity index is 333. The summed E-state index contributed by atoms with van der Waals surface area (Å²) in [5.74, 6) is -0.978. The Morgan fingerprint density at radius 1 is 1.29 bits per heavy atom. The molecule has 1 nitrogen and oxygen atoms in total. The highest BCUT2D eigenvalue weighted by molar-refractivity contribution is 14.2. The predicted octanol–water partition coefficient (Wildman–Crippen LogP) is 4.64. The fourth-order valence-electron chi connectivity index (χ4n) is 0.913. The molecule has 0 aliphatic rings. The zero-order valence-corrected chi connectivity index (χ0v) is 10.5. The van der Waals surface area contributed by atoms with Crippen molar-refractivity contribution in [1.82, 2.24) is 0 Å². The summed E-state index contributed by atoms with van der Waals surface area (Å²) < 4.78 is 30.7. The number of hydrogen-bond acceptors (Lipinski definition) is 1. The van der Waals surface area contributed by atoms with Crippen LogP contribution in [0.1, 0.15) is 12.5 Å². The van der Waals surface area contributed by atoms with Crippen molar-refractivity contribution in [3.8, 4) is 5.75 Å². The maximum Gasteiger partial charge on any atom is 0.161 e. The van der Waals surface area contributed by atoms with Crippen LogP contribution in [0.15, 0.2) is 30.1 Å². The van der Waals surface area contributed by atoms with E-state index in [1.807, 2.05) is 0 Å². The van der Waals surface area contributed by atoms with Crippen molar-refractivity contribution in [2.75, 3.05) is 0 Å². The van der Waals surface area contributed by atoms with Gasteiger partial charge in [-0.25, -0.2) is 8.78 Å². The van der Waals surface area contributed by atoms with E-state index in [9.17, 15) is 8.78 Å². The second kappa shape index (κ2) is 5.61. The quantitative estimate of drug-likeness (QED) is 0.580. The molecule has 0 aromatic heterocycles. The maximum absolute atomic E-state index is 13.0. The molecule has 1 atom stereocenters. The average Bonchev–Trinajstić information content (AvgIpc) is 2.18. The van der Waals surface area contributed by atoms with E-state index in [0.29, 0.717) is 12.2 Å². The van der Waals surface area contributed by atoms with Gasteiger partial charge in [0, 0.05) is 5.56 Å². The molecule has 1 aromatic carbocycles. The van der Waals surface area contributed by atoms with Gasteiger partial charge in [-0.3, -0.25) is 0 Å². The average molecular weight is 328 g/mol. The summed E-state index contributed by atoms with van der Waals surface area (Å²) in [6.07, 6.45) is 0. The van der Waals surface area contributed by atoms with Crippen LogP contribution in [0.5, 0.6) is 5.75 Å². The molecular formula is C9H8F2IOP. The van der Waals surface area contributed by atoms with Gasteiger partial charge in [-0.15, -0.1) is 0 Å². The highest BCUT2D eigenvalue weighted by atomic mass is 127. The van der Waals surface area contributed by atoms with Crippen LogP contribution in [0.3, 0.4) is 0 Å². The summed E-state index contributed by atoms with van der Waals surface area (Å²) in [7, 11) is 0. The van der Waals surface area contributed by atoms with Crippen LogP contribution in [0.25, 0.3) is 5.83 Å². The van der Waals surface area contributed by atoms with Gasteiger partial charge in [0.2, 0.25) is 0 Å². The first-order chi connectivity index (χ1) is 6.65. The van der Waals surface area contributed by atoms with E-state index < -0.39 is 11.7 Å². The van der Waals surface area contributed by atoms with Crippen molar-refractivity contribution in [3.63, 3.8) is 0 Å². The van der Waals surface area contributed by atoms with Crippen molar-refractivity contribution in [2.24, 2.45) is 0 Å². The zero-order valence-electron chi connectivity index (χ0n) is 7.35. The molecule has 0 amide bonds. The second-order valence-corrected chi connectivity index (χ2v) is 4.23. The third-order valence-corrected chi connectivity index (χ3v) is 2.54. The highest BCUT2D eigenvalue weighted by Gasteiger charge is 2.04. The van der Waals surface area contributed by atoms with Crippen LogP contribution in [-0.4, -0.2) is 0 Å². The Kier molecular flexibility index (Phi) is 4.75. The first-order valence-electron chi connectivity index (χ1n) is 3.80. The van der Waals surface area contributed by atoms with Gasteiger partial charge in [0.1, 0.15) is 18.0 Å². The molecular weight excluding hydrogens is 320 g/mol. The Labute approximate surface area is 95.9 Å². The Morgan fingerprint density at radius 3 is 2.29 bits per heavy atom. The second-order valence-electron chi connectivity index (χ2n) is 2.55. The topological polar surface area (TPSA) is 9.23 Å². The maximum atomic E-state index is 13.0. The first-order valence-corrected chi connectivity index (χ1v) is 7.82. The molecule has 0 N–H and O–H groups in total. The highest BCUT2D eigenvalue weighted by Crippen LogP contribution is 2.28. The molecule has 0 aliphatic heterocycles. The lowest BCUT2D eigenvalue weighted by atomic mass is 10.2. The van der Waals surface area contributed by atoms with Crippen molar-refractivity contribution in [2.45, 2.75) is 6.92 Å². The minimum atomic E-state index is -0.825. The van der Waals surface area contributed by atoms with Gasteiger partial charge in [-0.05, 0) is 53.2 Å². The number of halogens is 3. The van der Waals surface area contributed by atoms with Gasteiger partial charge < -0.3 is 4.52 Å². The molecule has 5 heteroatoms. The predicted molar refractivity (Wildman–Crippen MR) is 64.2 cm³/mol. The van der Waals surface area contributed by atoms with Crippen molar-refractivity contribution in [1.29, 1.82) is 0 Å². The van der Waals surface area contributed by atoms with Gasteiger partial charge in [0.25, 0.3) is 0 Å². The van der Waals surface area contributed by atoms with Gasteiger partial charge >= 0.3 is 0 Å². The number of hydrogen-bond donors (Lipinski definition) is 0. The van der Waals surface area contributed by atoms with E-state index in [1.54, 1.807) is 12.1 Å². The SMILES string of the molecule is C/C(F)=C(\F)c1ccc(OPI)cc1. The molecule has 1 aromatic rings. The molecule has 0 aliphatic carbocycles. The summed E-state index contributed by atoms with van der Waals surface area (Å²) in [6.45, 7) is 1.40. The van der Waals surface area contributed by atoms with E-state index in [1.165, 1.54) is 12.1 Å². The summed E-state index contributed by atoms with van der Waals surface area (Å²) in [4.78, 5) is 0. The van der Waals surface area contributed by atoms with E-state index in [4.69, 9.17) is 4.52 Å². The van der Waals surface area contributed by atoms with Crippen LogP contribution >= 0.6 is 28.5 Å². The van der Waals surface area contributed by atoms with Crippen LogP contribution in [0.2, 0.25) is 0 Å². The van der Waals surface area contributed by atoms with Gasteiger partial charge in [0.15, 0.2) is 5.83 Å². The standard InChI is InChI=1S/C9H8F2IOP/c1-6(10)9(11)7-2-4-8(5-3-7)13-14-12/h2-5,14H,1H3/b9-6+. The fourth-order valence-corrected chi connectivity index (χ4v) is 1.90. The van der Waals surface area contributed by atoms with E-state index >= 15 is 0 Å². The Balaban J connectivity index is 2.89. The third kappa shape index (κ3) is 3.17. The smallest absolute Gasteiger partial charge is 0.161 e. The Morgan fingerprint density at radius 2 is 1.86 bits per heavy atom. The molecule has 0 saturated carbocycles. The van der Waals surface area contributed by atoms with Gasteiger partial charge in [0.05, 0.1) is 0 Å². The number of allylic oxidation sites excluding steroid dienone is 1.